The van der Waals surface area contributed by atoms with E-state index in [0.717, 1.165) is 44.2 Å². The summed E-state index contributed by atoms with van der Waals surface area (Å²) in [4.78, 5) is 5.07. The second-order valence-electron chi connectivity index (χ2n) is 6.09. The molecule has 0 atom stereocenters. The van der Waals surface area contributed by atoms with Crippen LogP contribution < -0.4 is 5.32 Å². The summed E-state index contributed by atoms with van der Waals surface area (Å²) in [7, 11) is 0. The second kappa shape index (κ2) is 8.57. The number of nitrogens with zero attached hydrogens (tertiary/aromatic N) is 2. The average Bonchev–Trinajstić information content (AvgIpc) is 2.82. The summed E-state index contributed by atoms with van der Waals surface area (Å²) in [6.07, 6.45) is 2.43. The first-order valence-electron chi connectivity index (χ1n) is 8.46. The smallest absolute Gasteiger partial charge is 0.118 e. The standard InChI is InChI=1S/C17H31N3O/c1-4-6-18-13-16-12-17(21-15(16)3)14-20-10-8-19(7-5-2)9-11-20/h12,18H,4-11,13-14H2,1-3H3. The molecule has 0 saturated carbocycles. The molecular formula is C17H31N3O. The molecule has 1 aliphatic rings. The molecule has 0 amide bonds. The Balaban J connectivity index is 1.79. The maximum absolute atomic E-state index is 5.93. The Morgan fingerprint density at radius 1 is 1.10 bits per heavy atom. The Labute approximate surface area is 129 Å². The minimum absolute atomic E-state index is 0.924. The number of rotatable bonds is 8. The van der Waals surface area contributed by atoms with Gasteiger partial charge in [0, 0.05) is 38.3 Å². The summed E-state index contributed by atoms with van der Waals surface area (Å²) in [5, 5.41) is 3.45. The van der Waals surface area contributed by atoms with E-state index in [2.05, 4.69) is 42.0 Å². The average molecular weight is 293 g/mol. The van der Waals surface area contributed by atoms with Gasteiger partial charge in [-0.25, -0.2) is 0 Å². The first-order chi connectivity index (χ1) is 10.2. The molecule has 1 N–H and O–H groups in total. The molecule has 0 radical (unpaired) electrons. The van der Waals surface area contributed by atoms with Gasteiger partial charge in [0.15, 0.2) is 0 Å². The van der Waals surface area contributed by atoms with Crippen molar-refractivity contribution in [3.05, 3.63) is 23.2 Å². The van der Waals surface area contributed by atoms with E-state index in [0.29, 0.717) is 0 Å². The van der Waals surface area contributed by atoms with Crippen LogP contribution in [0.4, 0.5) is 0 Å². The third-order valence-corrected chi connectivity index (χ3v) is 4.20. The van der Waals surface area contributed by atoms with Gasteiger partial charge in [-0.15, -0.1) is 0 Å². The summed E-state index contributed by atoms with van der Waals surface area (Å²) in [5.74, 6) is 2.18. The second-order valence-corrected chi connectivity index (χ2v) is 6.09. The molecule has 4 nitrogen and oxygen atoms in total. The lowest BCUT2D eigenvalue weighted by molar-refractivity contribution is 0.121. The van der Waals surface area contributed by atoms with Crippen LogP contribution >= 0.6 is 0 Å². The normalized spacial score (nSPS) is 17.5. The Hall–Kier alpha value is -0.840. The van der Waals surface area contributed by atoms with Crippen molar-refractivity contribution in [3.8, 4) is 0 Å². The van der Waals surface area contributed by atoms with E-state index in [1.807, 2.05) is 0 Å². The van der Waals surface area contributed by atoms with Crippen molar-refractivity contribution in [2.45, 2.75) is 46.7 Å². The zero-order valence-corrected chi connectivity index (χ0v) is 14.0. The van der Waals surface area contributed by atoms with Gasteiger partial charge < -0.3 is 14.6 Å². The highest BCUT2D eigenvalue weighted by atomic mass is 16.3. The van der Waals surface area contributed by atoms with Crippen molar-refractivity contribution in [1.82, 2.24) is 15.1 Å². The van der Waals surface area contributed by atoms with Crippen LogP contribution in [-0.2, 0) is 13.1 Å². The first-order valence-corrected chi connectivity index (χ1v) is 8.46. The van der Waals surface area contributed by atoms with Gasteiger partial charge in [0.25, 0.3) is 0 Å². The van der Waals surface area contributed by atoms with Crippen molar-refractivity contribution < 1.29 is 4.42 Å². The van der Waals surface area contributed by atoms with Gasteiger partial charge in [-0.1, -0.05) is 13.8 Å². The lowest BCUT2D eigenvalue weighted by Crippen LogP contribution is -2.45. The molecule has 0 bridgehead atoms. The number of nitrogens with one attached hydrogen (secondary N) is 1. The Bertz CT molecular complexity index is 408. The van der Waals surface area contributed by atoms with Gasteiger partial charge in [-0.05, 0) is 38.9 Å². The molecule has 1 saturated heterocycles. The number of aryl methyl sites for hydroxylation is 1. The summed E-state index contributed by atoms with van der Waals surface area (Å²) < 4.78 is 5.93. The van der Waals surface area contributed by atoms with Gasteiger partial charge in [0.1, 0.15) is 11.5 Å². The molecule has 0 aliphatic carbocycles. The van der Waals surface area contributed by atoms with Gasteiger partial charge >= 0.3 is 0 Å². The Morgan fingerprint density at radius 2 is 1.81 bits per heavy atom. The highest BCUT2D eigenvalue weighted by molar-refractivity contribution is 5.20. The molecule has 21 heavy (non-hydrogen) atoms. The Morgan fingerprint density at radius 3 is 2.48 bits per heavy atom. The highest BCUT2D eigenvalue weighted by Crippen LogP contribution is 2.17. The number of furan rings is 1. The molecule has 0 spiro atoms. The van der Waals surface area contributed by atoms with E-state index in [4.69, 9.17) is 4.42 Å². The van der Waals surface area contributed by atoms with Gasteiger partial charge in [-0.2, -0.15) is 0 Å². The van der Waals surface area contributed by atoms with E-state index >= 15 is 0 Å². The quantitative estimate of drug-likeness (QED) is 0.747. The van der Waals surface area contributed by atoms with Crippen LogP contribution in [0.3, 0.4) is 0 Å². The van der Waals surface area contributed by atoms with Crippen molar-refractivity contribution >= 4 is 0 Å². The monoisotopic (exact) mass is 293 g/mol. The summed E-state index contributed by atoms with van der Waals surface area (Å²) in [6, 6.07) is 2.23. The zero-order chi connectivity index (χ0) is 15.1. The minimum Gasteiger partial charge on any atom is -0.465 e. The molecule has 120 valence electrons. The van der Waals surface area contributed by atoms with Crippen LogP contribution in [0.2, 0.25) is 0 Å². The van der Waals surface area contributed by atoms with Crippen molar-refractivity contribution in [2.75, 3.05) is 39.3 Å². The summed E-state index contributed by atoms with van der Waals surface area (Å²) in [6.45, 7) is 15.4. The summed E-state index contributed by atoms with van der Waals surface area (Å²) in [5.41, 5.74) is 1.31. The summed E-state index contributed by atoms with van der Waals surface area (Å²) >= 11 is 0. The van der Waals surface area contributed by atoms with E-state index in [-0.39, 0.29) is 0 Å². The first kappa shape index (κ1) is 16.5. The van der Waals surface area contributed by atoms with Crippen molar-refractivity contribution in [3.63, 3.8) is 0 Å². The molecule has 1 aromatic rings. The predicted octanol–water partition coefficient (Wildman–Crippen LogP) is 2.62. The Kier molecular flexibility index (Phi) is 6.74. The fourth-order valence-electron chi connectivity index (χ4n) is 2.95. The largest absolute Gasteiger partial charge is 0.465 e. The molecule has 1 fully saturated rings. The van der Waals surface area contributed by atoms with Crippen molar-refractivity contribution in [1.29, 1.82) is 0 Å². The minimum atomic E-state index is 0.924. The number of hydrogen-bond donors (Lipinski definition) is 1. The number of hydrogen-bond acceptors (Lipinski definition) is 4. The lowest BCUT2D eigenvalue weighted by atomic mass is 10.2. The van der Waals surface area contributed by atoms with E-state index < -0.39 is 0 Å². The topological polar surface area (TPSA) is 31.6 Å². The molecule has 1 aromatic heterocycles. The van der Waals surface area contributed by atoms with E-state index in [1.165, 1.54) is 38.0 Å². The fraction of sp³-hybridized carbons (Fsp3) is 0.765. The van der Waals surface area contributed by atoms with Gasteiger partial charge in [-0.3, -0.25) is 4.90 Å². The van der Waals surface area contributed by atoms with Gasteiger partial charge in [0.2, 0.25) is 0 Å². The zero-order valence-electron chi connectivity index (χ0n) is 14.0. The SMILES string of the molecule is CCCNCc1cc(CN2CCN(CCC)CC2)oc1C. The van der Waals surface area contributed by atoms with Crippen LogP contribution in [0.1, 0.15) is 43.8 Å². The maximum Gasteiger partial charge on any atom is 0.118 e. The van der Waals surface area contributed by atoms with Crippen LogP contribution in [0.15, 0.2) is 10.5 Å². The third-order valence-electron chi connectivity index (χ3n) is 4.20. The maximum atomic E-state index is 5.93. The highest BCUT2D eigenvalue weighted by Gasteiger charge is 2.18. The predicted molar refractivity (Wildman–Crippen MR) is 87.5 cm³/mol. The van der Waals surface area contributed by atoms with Crippen LogP contribution in [-0.4, -0.2) is 49.1 Å². The van der Waals surface area contributed by atoms with Crippen LogP contribution in [0.25, 0.3) is 0 Å². The van der Waals surface area contributed by atoms with E-state index in [9.17, 15) is 0 Å². The molecule has 1 aliphatic heterocycles. The van der Waals surface area contributed by atoms with Gasteiger partial charge in [0.05, 0.1) is 6.54 Å². The molecular weight excluding hydrogens is 262 g/mol. The van der Waals surface area contributed by atoms with E-state index in [1.54, 1.807) is 0 Å². The number of piperazine rings is 1. The fourth-order valence-corrected chi connectivity index (χ4v) is 2.95. The molecule has 0 unspecified atom stereocenters. The third kappa shape index (κ3) is 5.13. The molecule has 4 heteroatoms. The lowest BCUT2D eigenvalue weighted by Gasteiger charge is -2.33. The van der Waals surface area contributed by atoms with Crippen LogP contribution in [0, 0.1) is 6.92 Å². The molecule has 2 heterocycles. The molecule has 0 aromatic carbocycles. The van der Waals surface area contributed by atoms with Crippen LogP contribution in [0.5, 0.6) is 0 Å². The molecule has 2 rings (SSSR count). The van der Waals surface area contributed by atoms with Crippen molar-refractivity contribution in [2.24, 2.45) is 0 Å².